The normalized spacial score (nSPS) is 13.1. The van der Waals surface area contributed by atoms with Crippen molar-refractivity contribution in [3.05, 3.63) is 65.0 Å². The predicted molar refractivity (Wildman–Crippen MR) is 99.2 cm³/mol. The molecule has 0 spiro atoms. The predicted octanol–water partition coefficient (Wildman–Crippen LogP) is 3.19. The van der Waals surface area contributed by atoms with Gasteiger partial charge in [0.05, 0.1) is 11.1 Å². The van der Waals surface area contributed by atoms with Crippen LogP contribution in [0.3, 0.4) is 0 Å². The van der Waals surface area contributed by atoms with Crippen LogP contribution < -0.4 is 10.6 Å². The zero-order valence-corrected chi connectivity index (χ0v) is 15.1. The van der Waals surface area contributed by atoms with Gasteiger partial charge in [0, 0.05) is 18.3 Å². The fourth-order valence-electron chi connectivity index (χ4n) is 2.95. The molecule has 1 heterocycles. The maximum absolute atomic E-state index is 12.9. The molecule has 140 valence electrons. The number of anilines is 1. The van der Waals surface area contributed by atoms with Crippen LogP contribution >= 0.6 is 0 Å². The summed E-state index contributed by atoms with van der Waals surface area (Å²) in [4.78, 5) is 37.9. The molecule has 0 saturated carbocycles. The average Bonchev–Trinajstić information content (AvgIpc) is 2.87. The van der Waals surface area contributed by atoms with Crippen LogP contribution in [0.4, 0.5) is 14.9 Å². The third kappa shape index (κ3) is 3.97. The summed E-state index contributed by atoms with van der Waals surface area (Å²) in [5, 5.41) is 5.36. The first-order valence-electron chi connectivity index (χ1n) is 8.68. The molecule has 27 heavy (non-hydrogen) atoms. The van der Waals surface area contributed by atoms with E-state index >= 15 is 0 Å². The Labute approximate surface area is 156 Å². The SMILES string of the molecule is CC(C)N1C(=O)c2ccc(NC(=O)NCCc3ccc(F)cc3)cc2C1=O. The van der Waals surface area contributed by atoms with Crippen LogP contribution in [0.15, 0.2) is 42.5 Å². The molecule has 0 saturated heterocycles. The van der Waals surface area contributed by atoms with Gasteiger partial charge in [-0.15, -0.1) is 0 Å². The number of nitrogens with one attached hydrogen (secondary N) is 2. The zero-order valence-electron chi connectivity index (χ0n) is 15.1. The smallest absolute Gasteiger partial charge is 0.319 e. The molecule has 0 aliphatic carbocycles. The minimum absolute atomic E-state index is 0.233. The second kappa shape index (κ2) is 7.57. The largest absolute Gasteiger partial charge is 0.338 e. The number of imide groups is 1. The van der Waals surface area contributed by atoms with E-state index in [1.807, 2.05) is 0 Å². The number of fused-ring (bicyclic) bond motifs is 1. The Kier molecular flexibility index (Phi) is 5.21. The molecule has 0 fully saturated rings. The standard InChI is InChI=1S/C20H20FN3O3/c1-12(2)24-18(25)16-8-7-15(11-17(16)19(24)26)23-20(27)22-10-9-13-3-5-14(21)6-4-13/h3-8,11-12H,9-10H2,1-2H3,(H2,22,23,27). The van der Waals surface area contributed by atoms with Crippen molar-refractivity contribution < 1.29 is 18.8 Å². The van der Waals surface area contributed by atoms with E-state index < -0.39 is 6.03 Å². The second-order valence-electron chi connectivity index (χ2n) is 6.59. The molecule has 2 N–H and O–H groups in total. The molecule has 0 unspecified atom stereocenters. The number of urea groups is 1. The summed E-state index contributed by atoms with van der Waals surface area (Å²) in [6.45, 7) is 3.92. The maximum atomic E-state index is 12.9. The lowest BCUT2D eigenvalue weighted by Crippen LogP contribution is -2.35. The Bertz CT molecular complexity index is 894. The van der Waals surface area contributed by atoms with Crippen molar-refractivity contribution in [3.63, 3.8) is 0 Å². The molecule has 2 aromatic rings. The van der Waals surface area contributed by atoms with Gasteiger partial charge >= 0.3 is 6.03 Å². The molecule has 3 rings (SSSR count). The van der Waals surface area contributed by atoms with Gasteiger partial charge in [-0.1, -0.05) is 12.1 Å². The molecule has 6 nitrogen and oxygen atoms in total. The Morgan fingerprint density at radius 2 is 1.70 bits per heavy atom. The molecule has 0 aromatic heterocycles. The van der Waals surface area contributed by atoms with Crippen LogP contribution in [0, 0.1) is 5.82 Å². The number of rotatable bonds is 5. The van der Waals surface area contributed by atoms with Crippen molar-refractivity contribution in [1.82, 2.24) is 10.2 Å². The average molecular weight is 369 g/mol. The van der Waals surface area contributed by atoms with Crippen molar-refractivity contribution in [2.24, 2.45) is 0 Å². The van der Waals surface area contributed by atoms with Gasteiger partial charge in [0.1, 0.15) is 5.82 Å². The third-order valence-electron chi connectivity index (χ3n) is 4.30. The van der Waals surface area contributed by atoms with Crippen molar-refractivity contribution in [1.29, 1.82) is 0 Å². The fourth-order valence-corrected chi connectivity index (χ4v) is 2.95. The van der Waals surface area contributed by atoms with E-state index in [0.29, 0.717) is 24.2 Å². The molecule has 2 aromatic carbocycles. The third-order valence-corrected chi connectivity index (χ3v) is 4.30. The topological polar surface area (TPSA) is 78.5 Å². The fraction of sp³-hybridized carbons (Fsp3) is 0.250. The molecule has 0 radical (unpaired) electrons. The Hall–Kier alpha value is -3.22. The second-order valence-corrected chi connectivity index (χ2v) is 6.59. The first-order valence-corrected chi connectivity index (χ1v) is 8.68. The van der Waals surface area contributed by atoms with Crippen LogP contribution in [0.5, 0.6) is 0 Å². The molecule has 1 aliphatic heterocycles. The highest BCUT2D eigenvalue weighted by molar-refractivity contribution is 6.22. The Morgan fingerprint density at radius 1 is 1.04 bits per heavy atom. The molecule has 0 bridgehead atoms. The van der Waals surface area contributed by atoms with E-state index in [4.69, 9.17) is 0 Å². The number of benzene rings is 2. The van der Waals surface area contributed by atoms with Crippen LogP contribution in [-0.2, 0) is 6.42 Å². The minimum Gasteiger partial charge on any atom is -0.338 e. The van der Waals surface area contributed by atoms with E-state index in [2.05, 4.69) is 10.6 Å². The summed E-state index contributed by atoms with van der Waals surface area (Å²) in [6.07, 6.45) is 0.564. The van der Waals surface area contributed by atoms with Crippen LogP contribution in [-0.4, -0.2) is 35.3 Å². The van der Waals surface area contributed by atoms with Gasteiger partial charge in [0.25, 0.3) is 11.8 Å². The summed E-state index contributed by atoms with van der Waals surface area (Å²) in [7, 11) is 0. The highest BCUT2D eigenvalue weighted by Crippen LogP contribution is 2.27. The summed E-state index contributed by atoms with van der Waals surface area (Å²) in [5.74, 6) is -0.976. The van der Waals surface area contributed by atoms with Crippen LogP contribution in [0.1, 0.15) is 40.1 Å². The monoisotopic (exact) mass is 369 g/mol. The van der Waals surface area contributed by atoms with Gasteiger partial charge in [-0.25, -0.2) is 9.18 Å². The highest BCUT2D eigenvalue weighted by atomic mass is 19.1. The summed E-state index contributed by atoms with van der Waals surface area (Å²) in [5.41, 5.74) is 1.97. The zero-order chi connectivity index (χ0) is 19.6. The number of halogens is 1. The molecule has 4 amide bonds. The number of hydrogen-bond donors (Lipinski definition) is 2. The lowest BCUT2D eigenvalue weighted by atomic mass is 10.1. The number of hydrogen-bond acceptors (Lipinski definition) is 3. The summed E-state index contributed by atoms with van der Waals surface area (Å²) < 4.78 is 12.9. The molecular weight excluding hydrogens is 349 g/mol. The van der Waals surface area contributed by atoms with E-state index in [0.717, 1.165) is 5.56 Å². The first kappa shape index (κ1) is 18.6. The molecular formula is C20H20FN3O3. The lowest BCUT2D eigenvalue weighted by molar-refractivity contribution is 0.0609. The minimum atomic E-state index is -0.422. The van der Waals surface area contributed by atoms with Crippen molar-refractivity contribution in [2.45, 2.75) is 26.3 Å². The number of carbonyl (C=O) groups excluding carboxylic acids is 3. The molecule has 7 heteroatoms. The Morgan fingerprint density at radius 3 is 2.37 bits per heavy atom. The first-order chi connectivity index (χ1) is 12.9. The Balaban J connectivity index is 1.59. The molecule has 0 atom stereocenters. The van der Waals surface area contributed by atoms with Gasteiger partial charge in [0.15, 0.2) is 0 Å². The number of carbonyl (C=O) groups is 3. The van der Waals surface area contributed by atoms with Gasteiger partial charge in [0.2, 0.25) is 0 Å². The molecule has 1 aliphatic rings. The van der Waals surface area contributed by atoms with Crippen molar-refractivity contribution >= 4 is 23.5 Å². The maximum Gasteiger partial charge on any atom is 0.319 e. The van der Waals surface area contributed by atoms with E-state index in [-0.39, 0.29) is 29.2 Å². The lowest BCUT2D eigenvalue weighted by Gasteiger charge is -2.17. The van der Waals surface area contributed by atoms with Crippen LogP contribution in [0.25, 0.3) is 0 Å². The summed E-state index contributed by atoms with van der Waals surface area (Å²) in [6, 6.07) is 10.1. The summed E-state index contributed by atoms with van der Waals surface area (Å²) >= 11 is 0. The van der Waals surface area contributed by atoms with E-state index in [1.165, 1.54) is 23.1 Å². The van der Waals surface area contributed by atoms with Gasteiger partial charge in [-0.3, -0.25) is 14.5 Å². The van der Waals surface area contributed by atoms with Gasteiger partial charge in [-0.2, -0.15) is 0 Å². The van der Waals surface area contributed by atoms with Crippen LogP contribution in [0.2, 0.25) is 0 Å². The van der Waals surface area contributed by atoms with E-state index in [9.17, 15) is 18.8 Å². The van der Waals surface area contributed by atoms with Gasteiger partial charge < -0.3 is 10.6 Å². The highest BCUT2D eigenvalue weighted by Gasteiger charge is 2.37. The van der Waals surface area contributed by atoms with Gasteiger partial charge in [-0.05, 0) is 56.2 Å². The van der Waals surface area contributed by atoms with Crippen molar-refractivity contribution in [3.8, 4) is 0 Å². The quantitative estimate of drug-likeness (QED) is 0.795. The number of nitrogens with zero attached hydrogens (tertiary/aromatic N) is 1. The number of amides is 4. The van der Waals surface area contributed by atoms with Crippen molar-refractivity contribution in [2.75, 3.05) is 11.9 Å². The van der Waals surface area contributed by atoms with E-state index in [1.54, 1.807) is 38.1 Å².